The molecule has 0 saturated heterocycles. The predicted molar refractivity (Wildman–Crippen MR) is 119 cm³/mol. The third-order valence-corrected chi connectivity index (χ3v) is 7.30. The molecule has 3 aliphatic carbocycles. The number of aliphatic hydroxyl groups is 3. The van der Waals surface area contributed by atoms with Gasteiger partial charge in [-0.2, -0.15) is 0 Å². The van der Waals surface area contributed by atoms with E-state index in [1.54, 1.807) is 24.3 Å². The Hall–Kier alpha value is -3.95. The number of phenolic OH excluding ortho intramolecular Hbond substituents is 1. The van der Waals surface area contributed by atoms with E-state index in [0.717, 1.165) is 5.56 Å². The van der Waals surface area contributed by atoms with Crippen LogP contribution in [-0.4, -0.2) is 49.5 Å². The van der Waals surface area contributed by atoms with E-state index in [1.165, 1.54) is 6.07 Å². The highest BCUT2D eigenvalue weighted by Gasteiger charge is 2.63. The molecule has 9 nitrogen and oxygen atoms in total. The van der Waals surface area contributed by atoms with Crippen LogP contribution in [0.4, 0.5) is 0 Å². The molecule has 2 aromatic rings. The van der Waals surface area contributed by atoms with Crippen LogP contribution in [0.3, 0.4) is 0 Å². The third-order valence-electron chi connectivity index (χ3n) is 7.30. The summed E-state index contributed by atoms with van der Waals surface area (Å²) in [6.07, 6.45) is -0.0701. The lowest BCUT2D eigenvalue weighted by molar-refractivity contribution is -0.145. The Labute approximate surface area is 193 Å². The number of hydrogen-bond donors (Lipinski definition) is 6. The first-order chi connectivity index (χ1) is 16.1. The number of hydrogen-bond acceptors (Lipinski definition) is 8. The van der Waals surface area contributed by atoms with Crippen LogP contribution >= 0.6 is 0 Å². The summed E-state index contributed by atoms with van der Waals surface area (Å²) in [7, 11) is 0. The Kier molecular flexibility index (Phi) is 4.68. The second-order valence-electron chi connectivity index (χ2n) is 8.92. The molecule has 1 amide bonds. The molecule has 0 bridgehead atoms. The van der Waals surface area contributed by atoms with E-state index in [2.05, 4.69) is 0 Å². The van der Waals surface area contributed by atoms with Gasteiger partial charge in [-0.05, 0) is 23.6 Å². The number of phenols is 1. The maximum atomic E-state index is 13.6. The molecule has 0 spiro atoms. The fraction of sp³-hybridized carbons (Fsp3) is 0.240. The SMILES string of the molecule is NC(=O)C1=C(O)[C@@H](N)[C@@H]2C[C@H]3C(=C(O)[C@]2(O)C1=O)C(=O)c1c(O)cccc1[C@H]3c1ccccc1. The quantitative estimate of drug-likeness (QED) is 0.358. The minimum Gasteiger partial charge on any atom is -0.510 e. The lowest BCUT2D eigenvalue weighted by atomic mass is 9.56. The van der Waals surface area contributed by atoms with E-state index in [4.69, 9.17) is 11.5 Å². The average Bonchev–Trinajstić information content (AvgIpc) is 2.80. The molecule has 3 aliphatic rings. The number of primary amides is 1. The van der Waals surface area contributed by atoms with Gasteiger partial charge >= 0.3 is 0 Å². The van der Waals surface area contributed by atoms with Crippen LogP contribution < -0.4 is 11.5 Å². The van der Waals surface area contributed by atoms with Crippen molar-refractivity contribution in [2.75, 3.05) is 0 Å². The summed E-state index contributed by atoms with van der Waals surface area (Å²) in [5.74, 6) is -7.90. The zero-order chi connectivity index (χ0) is 24.5. The lowest BCUT2D eigenvalue weighted by Gasteiger charge is -2.49. The molecule has 34 heavy (non-hydrogen) atoms. The van der Waals surface area contributed by atoms with Gasteiger partial charge < -0.3 is 31.9 Å². The van der Waals surface area contributed by atoms with Gasteiger partial charge in [0.05, 0.1) is 11.6 Å². The number of Topliss-reactive ketones (excluding diaryl/α,β-unsaturated/α-hetero) is 2. The second kappa shape index (κ2) is 7.28. The molecule has 2 aromatic carbocycles. The van der Waals surface area contributed by atoms with E-state index in [1.807, 2.05) is 18.2 Å². The first-order valence-corrected chi connectivity index (χ1v) is 10.7. The number of amides is 1. The Morgan fingerprint density at radius 1 is 1.00 bits per heavy atom. The van der Waals surface area contributed by atoms with Gasteiger partial charge in [0.1, 0.15) is 22.8 Å². The van der Waals surface area contributed by atoms with Crippen molar-refractivity contribution >= 4 is 17.5 Å². The highest BCUT2D eigenvalue weighted by atomic mass is 16.3. The number of allylic oxidation sites excluding steroid dienone is 1. The summed E-state index contributed by atoms with van der Waals surface area (Å²) < 4.78 is 0. The molecule has 5 rings (SSSR count). The van der Waals surface area contributed by atoms with Crippen LogP contribution in [0.5, 0.6) is 5.75 Å². The van der Waals surface area contributed by atoms with Crippen LogP contribution in [0, 0.1) is 11.8 Å². The third kappa shape index (κ3) is 2.65. The minimum absolute atomic E-state index is 0.0442. The Balaban J connectivity index is 1.81. The lowest BCUT2D eigenvalue weighted by Crippen LogP contribution is -2.63. The van der Waals surface area contributed by atoms with Crippen molar-refractivity contribution in [2.45, 2.75) is 24.0 Å². The zero-order valence-electron chi connectivity index (χ0n) is 17.8. The van der Waals surface area contributed by atoms with Crippen LogP contribution in [0.2, 0.25) is 0 Å². The van der Waals surface area contributed by atoms with Crippen LogP contribution in [0.15, 0.2) is 71.2 Å². The Morgan fingerprint density at radius 3 is 2.32 bits per heavy atom. The summed E-state index contributed by atoms with van der Waals surface area (Å²) in [4.78, 5) is 38.6. The summed E-state index contributed by atoms with van der Waals surface area (Å²) in [6, 6.07) is 12.3. The maximum Gasteiger partial charge on any atom is 0.255 e. The highest BCUT2D eigenvalue weighted by Crippen LogP contribution is 2.56. The first-order valence-electron chi connectivity index (χ1n) is 10.7. The molecular formula is C25H22N2O7. The molecular weight excluding hydrogens is 440 g/mol. The fourth-order valence-electron chi connectivity index (χ4n) is 5.77. The zero-order valence-corrected chi connectivity index (χ0v) is 17.8. The normalized spacial score (nSPS) is 30.5. The van der Waals surface area contributed by atoms with Crippen molar-refractivity contribution in [1.82, 2.24) is 0 Å². The van der Waals surface area contributed by atoms with Gasteiger partial charge in [0.2, 0.25) is 5.78 Å². The minimum atomic E-state index is -2.74. The maximum absolute atomic E-state index is 13.6. The topological polar surface area (TPSA) is 184 Å². The van der Waals surface area contributed by atoms with Crippen LogP contribution in [0.1, 0.15) is 33.8 Å². The Morgan fingerprint density at radius 2 is 1.68 bits per heavy atom. The highest BCUT2D eigenvalue weighted by molar-refractivity contribution is 6.24. The van der Waals surface area contributed by atoms with Gasteiger partial charge in [-0.3, -0.25) is 14.4 Å². The molecule has 0 radical (unpaired) electrons. The van der Waals surface area contributed by atoms with Gasteiger partial charge in [0.25, 0.3) is 5.91 Å². The molecule has 0 unspecified atom stereocenters. The molecule has 0 aliphatic heterocycles. The van der Waals surface area contributed by atoms with E-state index in [0.29, 0.717) is 5.56 Å². The van der Waals surface area contributed by atoms with E-state index in [9.17, 15) is 34.8 Å². The number of carbonyl (C=O) groups is 3. The van der Waals surface area contributed by atoms with Gasteiger partial charge in [-0.1, -0.05) is 42.5 Å². The predicted octanol–water partition coefficient (Wildman–Crippen LogP) is 1.11. The molecule has 174 valence electrons. The van der Waals surface area contributed by atoms with Crippen LogP contribution in [0.25, 0.3) is 0 Å². The smallest absolute Gasteiger partial charge is 0.255 e. The summed E-state index contributed by atoms with van der Waals surface area (Å²) in [5, 5.41) is 43.7. The van der Waals surface area contributed by atoms with Gasteiger partial charge in [-0.25, -0.2) is 0 Å². The number of ketones is 2. The van der Waals surface area contributed by atoms with Crippen molar-refractivity contribution in [3.63, 3.8) is 0 Å². The second-order valence-corrected chi connectivity index (χ2v) is 8.92. The summed E-state index contributed by atoms with van der Waals surface area (Å²) in [6.45, 7) is 0. The van der Waals surface area contributed by atoms with Gasteiger partial charge in [-0.15, -0.1) is 0 Å². The summed E-state index contributed by atoms with van der Waals surface area (Å²) >= 11 is 0. The van der Waals surface area contributed by atoms with Crippen molar-refractivity contribution in [1.29, 1.82) is 0 Å². The van der Waals surface area contributed by atoms with E-state index in [-0.39, 0.29) is 23.3 Å². The first kappa shape index (κ1) is 21.9. The number of benzene rings is 2. The standard InChI is InChI=1S/C25H22N2O7/c26-19-13-9-12-15(10-5-2-1-3-6-10)11-7-4-8-14(28)16(11)20(29)17(12)22(31)25(13,34)23(32)18(21(19)30)24(27)33/h1-8,12-13,15,19,28,30-31,34H,9,26H2,(H2,27,33)/t12-,13+,15-,19+,25+/m1/s1. The number of aromatic hydroxyl groups is 1. The average molecular weight is 462 g/mol. The number of carbonyl (C=O) groups excluding carboxylic acids is 3. The number of nitrogens with two attached hydrogens (primary N) is 2. The van der Waals surface area contributed by atoms with Crippen molar-refractivity contribution in [2.24, 2.45) is 23.3 Å². The molecule has 8 N–H and O–H groups in total. The number of fused-ring (bicyclic) bond motifs is 3. The molecule has 0 fully saturated rings. The fourth-order valence-corrected chi connectivity index (χ4v) is 5.77. The number of aliphatic hydroxyl groups excluding tert-OH is 2. The molecule has 5 atom stereocenters. The number of rotatable bonds is 2. The summed E-state index contributed by atoms with van der Waals surface area (Å²) in [5.41, 5.74) is 8.74. The molecule has 9 heteroatoms. The Bertz CT molecular complexity index is 1330. The molecule has 0 saturated carbocycles. The monoisotopic (exact) mass is 462 g/mol. The van der Waals surface area contributed by atoms with E-state index < -0.39 is 64.0 Å². The van der Waals surface area contributed by atoms with E-state index >= 15 is 0 Å². The van der Waals surface area contributed by atoms with Crippen molar-refractivity contribution in [3.05, 3.63) is 87.9 Å². The molecule has 0 heterocycles. The van der Waals surface area contributed by atoms with Gasteiger partial charge in [0, 0.05) is 23.3 Å². The molecule has 0 aromatic heterocycles. The van der Waals surface area contributed by atoms with Crippen molar-refractivity contribution in [3.8, 4) is 5.75 Å². The van der Waals surface area contributed by atoms with Gasteiger partial charge in [0.15, 0.2) is 11.4 Å². The largest absolute Gasteiger partial charge is 0.510 e. The van der Waals surface area contributed by atoms with Crippen molar-refractivity contribution < 1.29 is 34.8 Å². The van der Waals surface area contributed by atoms with Crippen LogP contribution in [-0.2, 0) is 9.59 Å².